The summed E-state index contributed by atoms with van der Waals surface area (Å²) in [7, 11) is 0. The molecule has 1 aliphatic carbocycles. The van der Waals surface area contributed by atoms with Gasteiger partial charge in [0, 0.05) is 39.7 Å². The molecule has 3 rings (SSSR count). The van der Waals surface area contributed by atoms with E-state index in [0.29, 0.717) is 22.2 Å². The van der Waals surface area contributed by atoms with Gasteiger partial charge in [-0.3, -0.25) is 9.59 Å². The Morgan fingerprint density at radius 3 is 2.45 bits per heavy atom. The molecule has 0 unspecified atom stereocenters. The number of carbonyl (C=O) groups is 2. The highest BCUT2D eigenvalue weighted by atomic mass is 35.5. The summed E-state index contributed by atoms with van der Waals surface area (Å²) in [6.07, 6.45) is 5.84. The molecule has 2 aromatic carbocycles. The normalized spacial score (nSPS) is 15.2. The average molecular weight is 508 g/mol. The largest absolute Gasteiger partial charge is 0.352 e. The van der Waals surface area contributed by atoms with Crippen molar-refractivity contribution in [2.45, 2.75) is 75.9 Å². The highest BCUT2D eigenvalue weighted by molar-refractivity contribution is 7.99. The van der Waals surface area contributed by atoms with Gasteiger partial charge in [-0.05, 0) is 56.5 Å². The number of halogens is 2. The zero-order valence-electron chi connectivity index (χ0n) is 19.3. The summed E-state index contributed by atoms with van der Waals surface area (Å²) in [6, 6.07) is 13.1. The number of hydrogen-bond acceptors (Lipinski definition) is 3. The third kappa shape index (κ3) is 7.94. The fourth-order valence-corrected chi connectivity index (χ4v) is 5.33. The smallest absolute Gasteiger partial charge is 0.242 e. The Bertz CT molecular complexity index is 946. The van der Waals surface area contributed by atoms with Gasteiger partial charge in [-0.25, -0.2) is 0 Å². The number of aryl methyl sites for hydroxylation is 1. The number of thioether (sulfide) groups is 1. The molecule has 178 valence electrons. The molecule has 1 saturated carbocycles. The topological polar surface area (TPSA) is 49.4 Å². The Morgan fingerprint density at radius 2 is 1.79 bits per heavy atom. The second-order valence-corrected chi connectivity index (χ2v) is 10.7. The van der Waals surface area contributed by atoms with Crippen molar-refractivity contribution in [1.29, 1.82) is 0 Å². The summed E-state index contributed by atoms with van der Waals surface area (Å²) in [5.74, 6) is 0.474. The molecule has 0 aliphatic heterocycles. The fourth-order valence-electron chi connectivity index (χ4n) is 4.02. The molecule has 4 nitrogen and oxygen atoms in total. The first-order valence-corrected chi connectivity index (χ1v) is 13.3. The minimum absolute atomic E-state index is 0.0630. The van der Waals surface area contributed by atoms with E-state index in [2.05, 4.69) is 36.5 Å². The van der Waals surface area contributed by atoms with E-state index in [9.17, 15) is 9.59 Å². The number of benzene rings is 2. The van der Waals surface area contributed by atoms with Crippen molar-refractivity contribution in [2.75, 3.05) is 5.75 Å². The lowest BCUT2D eigenvalue weighted by atomic mass is 9.95. The highest BCUT2D eigenvalue weighted by Gasteiger charge is 2.28. The lowest BCUT2D eigenvalue weighted by molar-refractivity contribution is -0.140. The minimum atomic E-state index is -0.587. The fraction of sp³-hybridized carbons (Fsp3) is 0.462. The van der Waals surface area contributed by atoms with E-state index in [1.807, 2.05) is 6.07 Å². The van der Waals surface area contributed by atoms with Crippen molar-refractivity contribution in [3.8, 4) is 0 Å². The monoisotopic (exact) mass is 506 g/mol. The van der Waals surface area contributed by atoms with Crippen LogP contribution in [0.2, 0.25) is 10.0 Å². The molecule has 1 N–H and O–H groups in total. The van der Waals surface area contributed by atoms with Crippen LogP contribution in [0.25, 0.3) is 0 Å². The number of amides is 2. The number of rotatable bonds is 9. The highest BCUT2D eigenvalue weighted by Crippen LogP contribution is 2.25. The van der Waals surface area contributed by atoms with E-state index in [1.165, 1.54) is 12.0 Å². The molecule has 1 fully saturated rings. The summed E-state index contributed by atoms with van der Waals surface area (Å²) < 4.78 is 0. The van der Waals surface area contributed by atoms with Crippen LogP contribution in [0.3, 0.4) is 0 Å². The number of nitrogens with one attached hydrogen (secondary N) is 1. The molecule has 1 aliphatic rings. The van der Waals surface area contributed by atoms with Gasteiger partial charge in [-0.15, -0.1) is 11.8 Å². The van der Waals surface area contributed by atoms with Gasteiger partial charge in [0.25, 0.3) is 0 Å². The van der Waals surface area contributed by atoms with Crippen LogP contribution < -0.4 is 5.32 Å². The second-order valence-electron chi connectivity index (χ2n) is 8.69. The van der Waals surface area contributed by atoms with Crippen molar-refractivity contribution in [3.63, 3.8) is 0 Å². The Hall–Kier alpha value is -1.69. The molecule has 2 amide bonds. The van der Waals surface area contributed by atoms with Crippen LogP contribution in [0, 0.1) is 6.92 Å². The molecular weight excluding hydrogens is 475 g/mol. The van der Waals surface area contributed by atoms with Gasteiger partial charge in [0.05, 0.1) is 0 Å². The quantitative estimate of drug-likeness (QED) is 0.387. The van der Waals surface area contributed by atoms with Gasteiger partial charge in [0.1, 0.15) is 6.04 Å². The van der Waals surface area contributed by atoms with Crippen LogP contribution in [0.4, 0.5) is 0 Å². The summed E-state index contributed by atoms with van der Waals surface area (Å²) in [4.78, 5) is 29.1. The summed E-state index contributed by atoms with van der Waals surface area (Å²) in [5.41, 5.74) is 1.98. The SMILES string of the molecule is Cc1ccc(SCCC(=O)N(Cc2ccc(Cl)cc2Cl)[C@H](C)C(=O)NC2CCCCC2)cc1. The van der Waals surface area contributed by atoms with Gasteiger partial charge in [0.15, 0.2) is 0 Å². The molecule has 33 heavy (non-hydrogen) atoms. The predicted octanol–water partition coefficient (Wildman–Crippen LogP) is 6.65. The number of hydrogen-bond donors (Lipinski definition) is 1. The van der Waals surface area contributed by atoms with E-state index in [0.717, 1.165) is 36.1 Å². The van der Waals surface area contributed by atoms with Crippen LogP contribution in [0.15, 0.2) is 47.4 Å². The zero-order chi connectivity index (χ0) is 23.8. The Kier molecular flexibility index (Phi) is 9.96. The zero-order valence-corrected chi connectivity index (χ0v) is 21.6. The number of nitrogens with zero attached hydrogens (tertiary/aromatic N) is 1. The van der Waals surface area contributed by atoms with Crippen LogP contribution in [-0.2, 0) is 16.1 Å². The van der Waals surface area contributed by atoms with Crippen LogP contribution in [0.1, 0.15) is 56.6 Å². The van der Waals surface area contributed by atoms with E-state index in [1.54, 1.807) is 35.7 Å². The Morgan fingerprint density at radius 1 is 1.09 bits per heavy atom. The van der Waals surface area contributed by atoms with Crippen molar-refractivity contribution in [1.82, 2.24) is 10.2 Å². The van der Waals surface area contributed by atoms with Crippen LogP contribution >= 0.6 is 35.0 Å². The average Bonchev–Trinajstić information content (AvgIpc) is 2.80. The van der Waals surface area contributed by atoms with Gasteiger partial charge < -0.3 is 10.2 Å². The first-order chi connectivity index (χ1) is 15.8. The van der Waals surface area contributed by atoms with E-state index in [4.69, 9.17) is 23.2 Å². The lowest BCUT2D eigenvalue weighted by Gasteiger charge is -2.31. The van der Waals surface area contributed by atoms with E-state index in [-0.39, 0.29) is 24.4 Å². The first kappa shape index (κ1) is 25.9. The molecule has 0 aromatic heterocycles. The minimum Gasteiger partial charge on any atom is -0.352 e. The molecule has 0 bridgehead atoms. The lowest BCUT2D eigenvalue weighted by Crippen LogP contribution is -2.50. The van der Waals surface area contributed by atoms with Crippen molar-refractivity contribution >= 4 is 46.8 Å². The second kappa shape index (κ2) is 12.7. The Balaban J connectivity index is 1.68. The van der Waals surface area contributed by atoms with E-state index < -0.39 is 6.04 Å². The molecule has 0 heterocycles. The van der Waals surface area contributed by atoms with Crippen LogP contribution in [-0.4, -0.2) is 34.6 Å². The maximum absolute atomic E-state index is 13.3. The molecule has 0 radical (unpaired) electrons. The first-order valence-electron chi connectivity index (χ1n) is 11.6. The summed E-state index contributed by atoms with van der Waals surface area (Å²) >= 11 is 14.1. The van der Waals surface area contributed by atoms with Gasteiger partial charge in [0.2, 0.25) is 11.8 Å². The van der Waals surface area contributed by atoms with Crippen molar-refractivity contribution in [2.24, 2.45) is 0 Å². The molecule has 7 heteroatoms. The van der Waals surface area contributed by atoms with Crippen molar-refractivity contribution in [3.05, 3.63) is 63.6 Å². The van der Waals surface area contributed by atoms with Gasteiger partial charge >= 0.3 is 0 Å². The maximum Gasteiger partial charge on any atom is 0.242 e. The molecular formula is C26H32Cl2N2O2S. The molecule has 0 saturated heterocycles. The summed E-state index contributed by atoms with van der Waals surface area (Å²) in [5, 5.41) is 4.19. The Labute approximate surface area is 211 Å². The van der Waals surface area contributed by atoms with Crippen LogP contribution in [0.5, 0.6) is 0 Å². The predicted molar refractivity (Wildman–Crippen MR) is 138 cm³/mol. The standard InChI is InChI=1S/C26H32Cl2N2O2S/c1-18-8-12-23(13-9-18)33-15-14-25(31)30(17-20-10-11-21(27)16-24(20)28)19(2)26(32)29-22-6-4-3-5-7-22/h8-13,16,19,22H,3-7,14-15,17H2,1-2H3,(H,29,32)/t19-/m1/s1. The molecule has 1 atom stereocenters. The van der Waals surface area contributed by atoms with Gasteiger partial charge in [-0.2, -0.15) is 0 Å². The molecule has 0 spiro atoms. The van der Waals surface area contributed by atoms with Gasteiger partial charge in [-0.1, -0.05) is 66.2 Å². The van der Waals surface area contributed by atoms with Crippen molar-refractivity contribution < 1.29 is 9.59 Å². The van der Waals surface area contributed by atoms with E-state index >= 15 is 0 Å². The number of carbonyl (C=O) groups excluding carboxylic acids is 2. The summed E-state index contributed by atoms with van der Waals surface area (Å²) in [6.45, 7) is 4.12. The molecule has 2 aromatic rings. The maximum atomic E-state index is 13.3. The third-order valence-electron chi connectivity index (χ3n) is 6.08. The third-order valence-corrected chi connectivity index (χ3v) is 7.68.